The Balaban J connectivity index is 2.36. The van der Waals surface area contributed by atoms with E-state index in [1.54, 1.807) is 7.11 Å². The first-order valence-corrected chi connectivity index (χ1v) is 5.02. The van der Waals surface area contributed by atoms with Crippen molar-refractivity contribution in [2.24, 2.45) is 0 Å². The molecular formula is C9H14F3N3O2. The van der Waals surface area contributed by atoms with Crippen molar-refractivity contribution in [2.75, 3.05) is 13.7 Å². The molecule has 0 aromatic carbocycles. The standard InChI is InChI=1S/C9H14F3N3O2/c1-6(16-2)3-7-14-8(17-15-7)4-13-5-9(10,11)12/h6,13H,3-5H2,1-2H3. The van der Waals surface area contributed by atoms with E-state index in [2.05, 4.69) is 15.5 Å². The first kappa shape index (κ1) is 13.9. The molecule has 0 fully saturated rings. The maximum atomic E-state index is 11.8. The predicted octanol–water partition coefficient (Wildman–Crippen LogP) is 1.30. The molecule has 0 saturated heterocycles. The Morgan fingerprint density at radius 3 is 2.76 bits per heavy atom. The van der Waals surface area contributed by atoms with Crippen LogP contribution in [-0.4, -0.2) is 36.1 Å². The van der Waals surface area contributed by atoms with Gasteiger partial charge in [0.25, 0.3) is 0 Å². The number of nitrogens with zero attached hydrogens (tertiary/aromatic N) is 2. The van der Waals surface area contributed by atoms with Crippen LogP contribution in [0.1, 0.15) is 18.6 Å². The SMILES string of the molecule is COC(C)Cc1noc(CNCC(F)(F)F)n1. The summed E-state index contributed by atoms with van der Waals surface area (Å²) < 4.78 is 45.3. The Bertz CT molecular complexity index is 340. The Kier molecular flexibility index (Phi) is 4.88. The fourth-order valence-electron chi connectivity index (χ4n) is 1.10. The van der Waals surface area contributed by atoms with Gasteiger partial charge in [-0.05, 0) is 6.92 Å². The highest BCUT2D eigenvalue weighted by molar-refractivity contribution is 4.88. The van der Waals surface area contributed by atoms with Gasteiger partial charge in [0.1, 0.15) is 0 Å². The molecule has 1 atom stereocenters. The van der Waals surface area contributed by atoms with Crippen molar-refractivity contribution in [2.45, 2.75) is 32.2 Å². The smallest absolute Gasteiger partial charge is 0.381 e. The summed E-state index contributed by atoms with van der Waals surface area (Å²) in [7, 11) is 1.55. The molecule has 0 aliphatic rings. The summed E-state index contributed by atoms with van der Waals surface area (Å²) in [5.74, 6) is 0.552. The number of halogens is 3. The molecule has 0 spiro atoms. The Hall–Kier alpha value is -1.15. The van der Waals surface area contributed by atoms with Crippen LogP contribution in [0.25, 0.3) is 0 Å². The fourth-order valence-corrected chi connectivity index (χ4v) is 1.10. The van der Waals surface area contributed by atoms with Crippen LogP contribution < -0.4 is 5.32 Å². The largest absolute Gasteiger partial charge is 0.401 e. The van der Waals surface area contributed by atoms with Gasteiger partial charge in [-0.25, -0.2) is 0 Å². The lowest BCUT2D eigenvalue weighted by atomic mass is 10.3. The van der Waals surface area contributed by atoms with Crippen LogP contribution in [0.15, 0.2) is 4.52 Å². The summed E-state index contributed by atoms with van der Waals surface area (Å²) in [5.41, 5.74) is 0. The van der Waals surface area contributed by atoms with Crippen molar-refractivity contribution in [1.82, 2.24) is 15.5 Å². The third-order valence-electron chi connectivity index (χ3n) is 1.98. The quantitative estimate of drug-likeness (QED) is 0.828. The number of rotatable bonds is 6. The number of alkyl halides is 3. The normalized spacial score (nSPS) is 13.9. The fraction of sp³-hybridized carbons (Fsp3) is 0.778. The van der Waals surface area contributed by atoms with Crippen LogP contribution in [0, 0.1) is 0 Å². The van der Waals surface area contributed by atoms with E-state index in [0.29, 0.717) is 12.2 Å². The van der Waals surface area contributed by atoms with E-state index in [-0.39, 0.29) is 18.5 Å². The molecule has 17 heavy (non-hydrogen) atoms. The summed E-state index contributed by atoms with van der Waals surface area (Å²) in [6.45, 7) is 0.644. The van der Waals surface area contributed by atoms with Crippen LogP contribution in [-0.2, 0) is 17.7 Å². The molecule has 0 aliphatic heterocycles. The van der Waals surface area contributed by atoms with Gasteiger partial charge in [0.05, 0.1) is 19.2 Å². The lowest BCUT2D eigenvalue weighted by molar-refractivity contribution is -0.125. The van der Waals surface area contributed by atoms with E-state index >= 15 is 0 Å². The average molecular weight is 253 g/mol. The van der Waals surface area contributed by atoms with E-state index in [0.717, 1.165) is 0 Å². The molecular weight excluding hydrogens is 239 g/mol. The zero-order valence-electron chi connectivity index (χ0n) is 9.54. The second-order valence-electron chi connectivity index (χ2n) is 3.57. The molecule has 1 aromatic rings. The van der Waals surface area contributed by atoms with Gasteiger partial charge in [-0.3, -0.25) is 0 Å². The van der Waals surface area contributed by atoms with Crippen molar-refractivity contribution in [3.8, 4) is 0 Å². The number of nitrogens with one attached hydrogen (secondary N) is 1. The highest BCUT2D eigenvalue weighted by atomic mass is 19.4. The lowest BCUT2D eigenvalue weighted by Gasteiger charge is -2.05. The first-order chi connectivity index (χ1) is 7.90. The molecule has 0 amide bonds. The molecule has 1 unspecified atom stereocenters. The molecule has 0 aliphatic carbocycles. The Morgan fingerprint density at radius 1 is 1.47 bits per heavy atom. The van der Waals surface area contributed by atoms with Gasteiger partial charge in [0, 0.05) is 13.5 Å². The van der Waals surface area contributed by atoms with Crippen molar-refractivity contribution in [1.29, 1.82) is 0 Å². The van der Waals surface area contributed by atoms with Gasteiger partial charge in [0.2, 0.25) is 5.89 Å². The average Bonchev–Trinajstić information content (AvgIpc) is 2.63. The van der Waals surface area contributed by atoms with E-state index in [4.69, 9.17) is 9.26 Å². The monoisotopic (exact) mass is 253 g/mol. The van der Waals surface area contributed by atoms with Crippen molar-refractivity contribution in [3.05, 3.63) is 11.7 Å². The molecule has 1 aromatic heterocycles. The summed E-state index contributed by atoms with van der Waals surface area (Å²) >= 11 is 0. The summed E-state index contributed by atoms with van der Waals surface area (Å²) in [6, 6.07) is 0. The molecule has 8 heteroatoms. The van der Waals surface area contributed by atoms with E-state index in [1.807, 2.05) is 6.92 Å². The number of hydrogen-bond acceptors (Lipinski definition) is 5. The molecule has 0 radical (unpaired) electrons. The zero-order chi connectivity index (χ0) is 12.9. The van der Waals surface area contributed by atoms with Gasteiger partial charge in [-0.15, -0.1) is 0 Å². The maximum Gasteiger partial charge on any atom is 0.401 e. The maximum absolute atomic E-state index is 11.8. The minimum absolute atomic E-state index is 0.0661. The van der Waals surface area contributed by atoms with E-state index in [9.17, 15) is 13.2 Å². The summed E-state index contributed by atoms with van der Waals surface area (Å²) in [6.07, 6.45) is -3.85. The van der Waals surface area contributed by atoms with Gasteiger partial charge < -0.3 is 14.6 Å². The minimum Gasteiger partial charge on any atom is -0.381 e. The molecule has 1 heterocycles. The van der Waals surface area contributed by atoms with Crippen LogP contribution >= 0.6 is 0 Å². The first-order valence-electron chi connectivity index (χ1n) is 5.02. The topological polar surface area (TPSA) is 60.2 Å². The predicted molar refractivity (Wildman–Crippen MR) is 52.2 cm³/mol. The molecule has 0 saturated carbocycles. The van der Waals surface area contributed by atoms with E-state index in [1.165, 1.54) is 0 Å². The lowest BCUT2D eigenvalue weighted by Crippen LogP contribution is -2.28. The van der Waals surface area contributed by atoms with Crippen LogP contribution in [0.4, 0.5) is 13.2 Å². The molecule has 98 valence electrons. The summed E-state index contributed by atoms with van der Waals surface area (Å²) in [4.78, 5) is 3.93. The number of methoxy groups -OCH3 is 1. The van der Waals surface area contributed by atoms with Gasteiger partial charge in [-0.2, -0.15) is 18.2 Å². The second-order valence-corrected chi connectivity index (χ2v) is 3.57. The van der Waals surface area contributed by atoms with Gasteiger partial charge in [-0.1, -0.05) is 5.16 Å². The Morgan fingerprint density at radius 2 is 2.18 bits per heavy atom. The van der Waals surface area contributed by atoms with Crippen LogP contribution in [0.5, 0.6) is 0 Å². The third kappa shape index (κ3) is 5.64. The third-order valence-corrected chi connectivity index (χ3v) is 1.98. The van der Waals surface area contributed by atoms with Crippen molar-refractivity contribution < 1.29 is 22.4 Å². The van der Waals surface area contributed by atoms with Gasteiger partial charge >= 0.3 is 6.18 Å². The van der Waals surface area contributed by atoms with Crippen LogP contribution in [0.3, 0.4) is 0 Å². The summed E-state index contributed by atoms with van der Waals surface area (Å²) in [5, 5.41) is 5.80. The Labute approximate surface area is 96.3 Å². The number of aromatic nitrogens is 2. The molecule has 0 bridgehead atoms. The van der Waals surface area contributed by atoms with E-state index < -0.39 is 12.7 Å². The highest BCUT2D eigenvalue weighted by Gasteiger charge is 2.26. The zero-order valence-corrected chi connectivity index (χ0v) is 9.54. The van der Waals surface area contributed by atoms with Crippen molar-refractivity contribution in [3.63, 3.8) is 0 Å². The van der Waals surface area contributed by atoms with Gasteiger partial charge in [0.15, 0.2) is 5.82 Å². The number of hydrogen-bond donors (Lipinski definition) is 1. The molecule has 1 N–H and O–H groups in total. The van der Waals surface area contributed by atoms with Crippen molar-refractivity contribution >= 4 is 0 Å². The molecule has 1 rings (SSSR count). The minimum atomic E-state index is -4.24. The number of ether oxygens (including phenoxy) is 1. The van der Waals surface area contributed by atoms with Crippen LogP contribution in [0.2, 0.25) is 0 Å². The second kappa shape index (κ2) is 5.97. The molecule has 5 nitrogen and oxygen atoms in total. The highest BCUT2D eigenvalue weighted by Crippen LogP contribution is 2.12.